The molecular formula is C26H36N4O2S. The first-order valence-corrected chi connectivity index (χ1v) is 12.9. The minimum absolute atomic E-state index is 0.138. The van der Waals surface area contributed by atoms with Crippen LogP contribution in [0.2, 0.25) is 0 Å². The maximum Gasteiger partial charge on any atom is 0.282 e. The Morgan fingerprint density at radius 3 is 2.45 bits per heavy atom. The van der Waals surface area contributed by atoms with Gasteiger partial charge in [-0.1, -0.05) is 60.5 Å². The third-order valence-corrected chi connectivity index (χ3v) is 8.04. The second kappa shape index (κ2) is 11.6. The van der Waals surface area contributed by atoms with Crippen molar-refractivity contribution in [1.82, 2.24) is 18.6 Å². The molecule has 0 aliphatic heterocycles. The summed E-state index contributed by atoms with van der Waals surface area (Å²) in [6.07, 6.45) is 7.85. The maximum absolute atomic E-state index is 13.5. The molecule has 178 valence electrons. The molecule has 0 amide bonds. The van der Waals surface area contributed by atoms with E-state index in [4.69, 9.17) is 0 Å². The fourth-order valence-electron chi connectivity index (χ4n) is 4.10. The van der Waals surface area contributed by atoms with Gasteiger partial charge in [-0.15, -0.1) is 0 Å². The van der Waals surface area contributed by atoms with Gasteiger partial charge in [-0.3, -0.25) is 0 Å². The van der Waals surface area contributed by atoms with Gasteiger partial charge in [-0.25, -0.2) is 4.98 Å². The molecule has 0 saturated heterocycles. The van der Waals surface area contributed by atoms with Gasteiger partial charge >= 0.3 is 0 Å². The number of hydrogen-bond donors (Lipinski definition) is 1. The third-order valence-electron chi connectivity index (χ3n) is 6.10. The Labute approximate surface area is 198 Å². The number of unbranched alkanes of at least 4 members (excludes halogenated alkanes) is 1. The molecular weight excluding hydrogens is 432 g/mol. The van der Waals surface area contributed by atoms with Crippen LogP contribution in [0.15, 0.2) is 61.1 Å². The van der Waals surface area contributed by atoms with Gasteiger partial charge < -0.3 is 4.98 Å². The third kappa shape index (κ3) is 7.00. The Balaban J connectivity index is 1.87. The highest BCUT2D eigenvalue weighted by molar-refractivity contribution is 7.86. The largest absolute Gasteiger partial charge is 0.348 e. The number of aryl methyl sites for hydroxylation is 3. The molecule has 1 aromatic heterocycles. The van der Waals surface area contributed by atoms with Crippen LogP contribution < -0.4 is 0 Å². The van der Waals surface area contributed by atoms with Crippen LogP contribution in [0.5, 0.6) is 0 Å². The first-order chi connectivity index (χ1) is 15.8. The molecule has 3 aromatic rings. The number of imidazole rings is 1. The number of H-pyrrole nitrogens is 1. The van der Waals surface area contributed by atoms with Crippen LogP contribution in [0.4, 0.5) is 0 Å². The van der Waals surface area contributed by atoms with E-state index in [0.717, 1.165) is 53.6 Å². The van der Waals surface area contributed by atoms with Crippen LogP contribution in [0.1, 0.15) is 47.2 Å². The van der Waals surface area contributed by atoms with Crippen LogP contribution in [0, 0.1) is 13.8 Å². The second-order valence-corrected chi connectivity index (χ2v) is 11.0. The van der Waals surface area contributed by atoms with Crippen LogP contribution in [0.3, 0.4) is 0 Å². The Hall–Kier alpha value is -2.48. The van der Waals surface area contributed by atoms with Crippen molar-refractivity contribution in [2.75, 3.05) is 14.1 Å². The topological polar surface area (TPSA) is 69.3 Å². The van der Waals surface area contributed by atoms with Gasteiger partial charge in [-0.05, 0) is 56.2 Å². The zero-order valence-electron chi connectivity index (χ0n) is 20.2. The highest BCUT2D eigenvalue weighted by Crippen LogP contribution is 2.24. The summed E-state index contributed by atoms with van der Waals surface area (Å²) in [4.78, 5) is 7.23. The van der Waals surface area contributed by atoms with Gasteiger partial charge in [0.15, 0.2) is 0 Å². The average Bonchev–Trinajstić information content (AvgIpc) is 3.30. The van der Waals surface area contributed by atoms with E-state index in [1.807, 2.05) is 38.2 Å². The van der Waals surface area contributed by atoms with Crippen molar-refractivity contribution >= 4 is 10.2 Å². The van der Waals surface area contributed by atoms with Crippen molar-refractivity contribution in [2.24, 2.45) is 0 Å². The lowest BCUT2D eigenvalue weighted by molar-refractivity contribution is 0.272. The van der Waals surface area contributed by atoms with E-state index in [1.54, 1.807) is 24.7 Å². The zero-order valence-corrected chi connectivity index (χ0v) is 21.0. The Morgan fingerprint density at radius 2 is 1.79 bits per heavy atom. The second-order valence-electron chi connectivity index (χ2n) is 8.93. The zero-order chi connectivity index (χ0) is 23.8. The molecule has 0 spiro atoms. The van der Waals surface area contributed by atoms with Crippen LogP contribution in [-0.4, -0.2) is 47.1 Å². The van der Waals surface area contributed by atoms with Gasteiger partial charge in [-0.2, -0.15) is 17.0 Å². The van der Waals surface area contributed by atoms with Crippen LogP contribution in [-0.2, 0) is 29.6 Å². The maximum atomic E-state index is 13.5. The monoisotopic (exact) mass is 468 g/mol. The fourth-order valence-corrected chi connectivity index (χ4v) is 5.38. The molecule has 2 aromatic carbocycles. The van der Waals surface area contributed by atoms with Crippen molar-refractivity contribution in [3.8, 4) is 0 Å². The van der Waals surface area contributed by atoms with Crippen LogP contribution in [0.25, 0.3) is 0 Å². The standard InChI is InChI=1S/C26H36N4O2S/c1-21-14-15-22(2)24(16-21)19-30(33(31,32)29(3)4)26(17-23-10-6-5-7-11-23)13-9-8-12-25-18-27-20-28-25/h5-7,10-11,14-16,18,20,26H,8-9,12-13,17,19H2,1-4H3,(H,27,28). The van der Waals surface area contributed by atoms with E-state index in [9.17, 15) is 8.42 Å². The SMILES string of the molecule is Cc1ccc(C)c(CN(C(CCCCc2cnc[nH]2)Cc2ccccc2)S(=O)(=O)N(C)C)c1. The van der Waals surface area contributed by atoms with Gasteiger partial charge in [0.2, 0.25) is 0 Å². The first kappa shape index (κ1) is 25.1. The lowest BCUT2D eigenvalue weighted by Gasteiger charge is -2.34. The van der Waals surface area contributed by atoms with Crippen molar-refractivity contribution in [2.45, 2.75) is 58.5 Å². The molecule has 0 saturated carbocycles. The molecule has 0 aliphatic carbocycles. The summed E-state index contributed by atoms with van der Waals surface area (Å²) in [6, 6.07) is 16.3. The molecule has 1 atom stereocenters. The quantitative estimate of drug-likeness (QED) is 0.393. The van der Waals surface area contributed by atoms with Gasteiger partial charge in [0.1, 0.15) is 0 Å². The molecule has 6 nitrogen and oxygen atoms in total. The van der Waals surface area contributed by atoms with Gasteiger partial charge in [0.05, 0.1) is 6.33 Å². The van der Waals surface area contributed by atoms with Crippen molar-refractivity contribution in [3.63, 3.8) is 0 Å². The molecule has 0 aliphatic rings. The lowest BCUT2D eigenvalue weighted by Crippen LogP contribution is -2.46. The number of aromatic nitrogens is 2. The summed E-state index contributed by atoms with van der Waals surface area (Å²) in [5.41, 5.74) is 5.56. The summed E-state index contributed by atoms with van der Waals surface area (Å²) < 4.78 is 30.1. The minimum atomic E-state index is -3.62. The normalized spacial score (nSPS) is 13.0. The van der Waals surface area contributed by atoms with Crippen molar-refractivity contribution in [1.29, 1.82) is 0 Å². The van der Waals surface area contributed by atoms with Crippen LogP contribution >= 0.6 is 0 Å². The minimum Gasteiger partial charge on any atom is -0.348 e. The van der Waals surface area contributed by atoms with Gasteiger partial charge in [0.25, 0.3) is 10.2 Å². The van der Waals surface area contributed by atoms with E-state index in [-0.39, 0.29) is 6.04 Å². The summed E-state index contributed by atoms with van der Waals surface area (Å²) in [7, 11) is -0.387. The molecule has 33 heavy (non-hydrogen) atoms. The average molecular weight is 469 g/mol. The molecule has 1 heterocycles. The number of nitrogens with one attached hydrogen (secondary N) is 1. The summed E-state index contributed by atoms with van der Waals surface area (Å²) in [5.74, 6) is 0. The molecule has 0 radical (unpaired) electrons. The number of hydrogen-bond acceptors (Lipinski definition) is 3. The summed E-state index contributed by atoms with van der Waals surface area (Å²) >= 11 is 0. The smallest absolute Gasteiger partial charge is 0.282 e. The number of nitrogens with zero attached hydrogens (tertiary/aromatic N) is 3. The number of rotatable bonds is 12. The Kier molecular flexibility index (Phi) is 8.83. The molecule has 0 fully saturated rings. The molecule has 3 rings (SSSR count). The van der Waals surface area contributed by atoms with Gasteiger partial charge in [0, 0.05) is 38.6 Å². The molecule has 1 N–H and O–H groups in total. The van der Waals surface area contributed by atoms with Crippen molar-refractivity contribution < 1.29 is 8.42 Å². The van der Waals surface area contributed by atoms with E-state index in [2.05, 4.69) is 40.3 Å². The fraction of sp³-hybridized carbons (Fsp3) is 0.423. The highest BCUT2D eigenvalue weighted by atomic mass is 32.2. The lowest BCUT2D eigenvalue weighted by atomic mass is 9.99. The molecule has 0 bridgehead atoms. The predicted molar refractivity (Wildman–Crippen MR) is 134 cm³/mol. The number of benzene rings is 2. The van der Waals surface area contributed by atoms with E-state index in [1.165, 1.54) is 4.31 Å². The summed E-state index contributed by atoms with van der Waals surface area (Å²) in [5, 5.41) is 0. The summed E-state index contributed by atoms with van der Waals surface area (Å²) in [6.45, 7) is 4.46. The Morgan fingerprint density at radius 1 is 1.03 bits per heavy atom. The van der Waals surface area contributed by atoms with E-state index < -0.39 is 10.2 Å². The highest BCUT2D eigenvalue weighted by Gasteiger charge is 2.32. The van der Waals surface area contributed by atoms with E-state index in [0.29, 0.717) is 13.0 Å². The number of aromatic amines is 1. The first-order valence-electron chi connectivity index (χ1n) is 11.5. The predicted octanol–water partition coefficient (Wildman–Crippen LogP) is 4.66. The molecule has 7 heteroatoms. The van der Waals surface area contributed by atoms with Crippen molar-refractivity contribution in [3.05, 3.63) is 89.0 Å². The van der Waals surface area contributed by atoms with E-state index >= 15 is 0 Å². The Bertz CT molecular complexity index is 1100. The molecule has 1 unspecified atom stereocenters.